The van der Waals surface area contributed by atoms with Gasteiger partial charge in [-0.3, -0.25) is 4.72 Å². The third kappa shape index (κ3) is 3.28. The fraction of sp³-hybridized carbons (Fsp3) is 0.462. The smallest absolute Gasteiger partial charge is 0.234 e. The first-order chi connectivity index (χ1) is 9.62. The molecule has 1 saturated heterocycles. The molecule has 1 aliphatic heterocycles. The molecule has 0 amide bonds. The van der Waals surface area contributed by atoms with Crippen LogP contribution in [-0.4, -0.2) is 32.2 Å². The van der Waals surface area contributed by atoms with Gasteiger partial charge in [0.25, 0.3) is 0 Å². The van der Waals surface area contributed by atoms with Gasteiger partial charge in [0.05, 0.1) is 16.0 Å². The van der Waals surface area contributed by atoms with Crippen LogP contribution in [0, 0.1) is 5.92 Å². The molecule has 1 unspecified atom stereocenters. The molecule has 0 radical (unpaired) electrons. The number of hydrogen-bond acceptors (Lipinski definition) is 5. The number of nitrogens with zero attached hydrogens (tertiary/aromatic N) is 1. The Balaban J connectivity index is 1.71. The highest BCUT2D eigenvalue weighted by Crippen LogP contribution is 2.26. The van der Waals surface area contributed by atoms with Gasteiger partial charge in [-0.25, -0.2) is 13.4 Å². The summed E-state index contributed by atoms with van der Waals surface area (Å²) < 4.78 is 27.9. The third-order valence-corrected chi connectivity index (χ3v) is 5.89. The maximum absolute atomic E-state index is 12.2. The summed E-state index contributed by atoms with van der Waals surface area (Å²) in [5.74, 6) is 0.353. The maximum atomic E-state index is 12.2. The van der Waals surface area contributed by atoms with Gasteiger partial charge in [0.1, 0.15) is 0 Å². The van der Waals surface area contributed by atoms with Crippen LogP contribution in [0.15, 0.2) is 24.3 Å². The van der Waals surface area contributed by atoms with Gasteiger partial charge in [-0.2, -0.15) is 0 Å². The van der Waals surface area contributed by atoms with Crippen molar-refractivity contribution >= 4 is 36.7 Å². The number of benzene rings is 1. The maximum Gasteiger partial charge on any atom is 0.234 e. The Labute approximate surface area is 122 Å². The molecule has 2 aromatic rings. The standard InChI is InChI=1S/C13H17N3O2S2/c17-20(18,9-10-4-3-7-14-8-10)16-13-15-11-5-1-2-6-12(11)19-13/h1-2,5-6,10,14H,3-4,7-9H2,(H,15,16). The molecular weight excluding hydrogens is 294 g/mol. The molecule has 0 spiro atoms. The lowest BCUT2D eigenvalue weighted by Gasteiger charge is -2.22. The van der Waals surface area contributed by atoms with Gasteiger partial charge in [-0.15, -0.1) is 0 Å². The van der Waals surface area contributed by atoms with Gasteiger partial charge in [-0.1, -0.05) is 23.5 Å². The van der Waals surface area contributed by atoms with E-state index in [-0.39, 0.29) is 11.7 Å². The predicted octanol–water partition coefficient (Wildman–Crippen LogP) is 2.04. The average Bonchev–Trinajstić information content (AvgIpc) is 2.80. The van der Waals surface area contributed by atoms with Crippen LogP contribution in [0.25, 0.3) is 10.2 Å². The molecule has 0 bridgehead atoms. The summed E-state index contributed by atoms with van der Waals surface area (Å²) in [6.45, 7) is 1.77. The van der Waals surface area contributed by atoms with Crippen LogP contribution >= 0.6 is 11.3 Å². The van der Waals surface area contributed by atoms with Crippen molar-refractivity contribution in [3.63, 3.8) is 0 Å². The Bertz CT molecular complexity index is 657. The first-order valence-electron chi connectivity index (χ1n) is 6.69. The molecular formula is C13H17N3O2S2. The number of rotatable bonds is 4. The van der Waals surface area contributed by atoms with Gasteiger partial charge < -0.3 is 5.32 Å². The first kappa shape index (κ1) is 13.8. The van der Waals surface area contributed by atoms with E-state index >= 15 is 0 Å². The third-order valence-electron chi connectivity index (χ3n) is 3.39. The molecule has 2 heterocycles. The van der Waals surface area contributed by atoms with Crippen molar-refractivity contribution < 1.29 is 8.42 Å². The van der Waals surface area contributed by atoms with Crippen LogP contribution in [0.3, 0.4) is 0 Å². The van der Waals surface area contributed by atoms with Crippen molar-refractivity contribution in [2.24, 2.45) is 5.92 Å². The summed E-state index contributed by atoms with van der Waals surface area (Å²) in [5.41, 5.74) is 0.828. The quantitative estimate of drug-likeness (QED) is 0.906. The van der Waals surface area contributed by atoms with E-state index in [0.29, 0.717) is 5.13 Å². The van der Waals surface area contributed by atoms with Crippen LogP contribution in [0.2, 0.25) is 0 Å². The van der Waals surface area contributed by atoms with Crippen LogP contribution in [-0.2, 0) is 10.0 Å². The van der Waals surface area contributed by atoms with E-state index in [1.54, 1.807) is 0 Å². The van der Waals surface area contributed by atoms with E-state index in [0.717, 1.165) is 36.1 Å². The van der Waals surface area contributed by atoms with Gasteiger partial charge >= 0.3 is 0 Å². The van der Waals surface area contributed by atoms with E-state index in [9.17, 15) is 8.42 Å². The summed E-state index contributed by atoms with van der Waals surface area (Å²) in [7, 11) is -3.32. The van der Waals surface area contributed by atoms with Crippen LogP contribution in [0.5, 0.6) is 0 Å². The van der Waals surface area contributed by atoms with E-state index in [2.05, 4.69) is 15.0 Å². The molecule has 3 rings (SSSR count). The Hall–Kier alpha value is -1.18. The number of thiazole rings is 1. The zero-order chi connectivity index (χ0) is 14.0. The van der Waals surface area contributed by atoms with E-state index in [4.69, 9.17) is 0 Å². The highest BCUT2D eigenvalue weighted by molar-refractivity contribution is 7.92. The fourth-order valence-electron chi connectivity index (χ4n) is 2.47. The minimum absolute atomic E-state index is 0.163. The van der Waals surface area contributed by atoms with Gasteiger partial charge in [0.2, 0.25) is 10.0 Å². The molecule has 7 heteroatoms. The molecule has 2 N–H and O–H groups in total. The summed E-state index contributed by atoms with van der Waals surface area (Å²) in [5, 5.41) is 3.69. The van der Waals surface area contributed by atoms with Crippen molar-refractivity contribution in [3.05, 3.63) is 24.3 Å². The normalized spacial score (nSPS) is 20.1. The number of anilines is 1. The monoisotopic (exact) mass is 311 g/mol. The Kier molecular flexibility index (Phi) is 3.91. The van der Waals surface area contributed by atoms with Crippen molar-refractivity contribution in [2.45, 2.75) is 12.8 Å². The molecule has 20 heavy (non-hydrogen) atoms. The second-order valence-corrected chi connectivity index (χ2v) is 7.88. The summed E-state index contributed by atoms with van der Waals surface area (Å²) in [6.07, 6.45) is 2.01. The minimum atomic E-state index is -3.32. The summed E-state index contributed by atoms with van der Waals surface area (Å²) in [4.78, 5) is 4.30. The molecule has 1 fully saturated rings. The highest BCUT2D eigenvalue weighted by Gasteiger charge is 2.22. The number of sulfonamides is 1. The zero-order valence-corrected chi connectivity index (χ0v) is 12.6. The second-order valence-electron chi connectivity index (χ2n) is 5.08. The number of fused-ring (bicyclic) bond motifs is 1. The second kappa shape index (κ2) is 5.67. The fourth-order valence-corrected chi connectivity index (χ4v) is 5.03. The number of hydrogen-bond donors (Lipinski definition) is 2. The highest BCUT2D eigenvalue weighted by atomic mass is 32.2. The zero-order valence-electron chi connectivity index (χ0n) is 11.0. The Morgan fingerprint density at radius 1 is 1.40 bits per heavy atom. The topological polar surface area (TPSA) is 71.1 Å². The molecule has 1 aromatic carbocycles. The van der Waals surface area contributed by atoms with E-state index in [1.165, 1.54) is 11.3 Å². The lowest BCUT2D eigenvalue weighted by Crippen LogP contribution is -2.35. The predicted molar refractivity (Wildman–Crippen MR) is 82.6 cm³/mol. The average molecular weight is 311 g/mol. The number of piperidine rings is 1. The van der Waals surface area contributed by atoms with Gasteiger partial charge in [-0.05, 0) is 44.0 Å². The van der Waals surface area contributed by atoms with Crippen molar-refractivity contribution in [1.82, 2.24) is 10.3 Å². The van der Waals surface area contributed by atoms with Crippen LogP contribution in [0.4, 0.5) is 5.13 Å². The molecule has 108 valence electrons. The lowest BCUT2D eigenvalue weighted by molar-refractivity contribution is 0.404. The van der Waals surface area contributed by atoms with E-state index in [1.807, 2.05) is 24.3 Å². The number of para-hydroxylation sites is 1. The SMILES string of the molecule is O=S(=O)(CC1CCCNC1)Nc1nc2ccccc2s1. The minimum Gasteiger partial charge on any atom is -0.316 e. The molecule has 1 aliphatic rings. The lowest BCUT2D eigenvalue weighted by atomic mass is 10.0. The molecule has 0 aliphatic carbocycles. The van der Waals surface area contributed by atoms with Crippen LogP contribution in [0.1, 0.15) is 12.8 Å². The summed E-state index contributed by atoms with van der Waals surface area (Å²) >= 11 is 1.37. The van der Waals surface area contributed by atoms with Gasteiger partial charge in [0.15, 0.2) is 5.13 Å². The number of aromatic nitrogens is 1. The molecule has 1 aromatic heterocycles. The van der Waals surface area contributed by atoms with Crippen molar-refractivity contribution in [1.29, 1.82) is 0 Å². The molecule has 5 nitrogen and oxygen atoms in total. The summed E-state index contributed by atoms with van der Waals surface area (Å²) in [6, 6.07) is 7.64. The van der Waals surface area contributed by atoms with Gasteiger partial charge in [0, 0.05) is 0 Å². The van der Waals surface area contributed by atoms with Crippen molar-refractivity contribution in [3.8, 4) is 0 Å². The largest absolute Gasteiger partial charge is 0.316 e. The van der Waals surface area contributed by atoms with E-state index < -0.39 is 10.0 Å². The van der Waals surface area contributed by atoms with Crippen molar-refractivity contribution in [2.75, 3.05) is 23.6 Å². The molecule has 1 atom stereocenters. The number of nitrogens with one attached hydrogen (secondary N) is 2. The first-order valence-corrected chi connectivity index (χ1v) is 9.16. The molecule has 0 saturated carbocycles. The Morgan fingerprint density at radius 2 is 2.25 bits per heavy atom. The Morgan fingerprint density at radius 3 is 3.00 bits per heavy atom. The van der Waals surface area contributed by atoms with Crippen LogP contribution < -0.4 is 10.0 Å².